The zero-order valence-corrected chi connectivity index (χ0v) is 12.1. The second-order valence-electron chi connectivity index (χ2n) is 6.19. The molecular formula is C16H19NO3. The Morgan fingerprint density at radius 2 is 1.70 bits per heavy atom. The summed E-state index contributed by atoms with van der Waals surface area (Å²) in [5, 5.41) is 0.641. The molecule has 1 aliphatic heterocycles. The van der Waals surface area contributed by atoms with Crippen LogP contribution >= 0.6 is 0 Å². The second kappa shape index (κ2) is 4.54. The molecule has 1 N–H and O–H groups in total. The lowest BCUT2D eigenvalue weighted by atomic mass is 9.91. The predicted octanol–water partition coefficient (Wildman–Crippen LogP) is 2.99. The van der Waals surface area contributed by atoms with E-state index in [4.69, 9.17) is 9.47 Å². The molecule has 0 saturated carbocycles. The van der Waals surface area contributed by atoms with Gasteiger partial charge in [-0.15, -0.1) is 0 Å². The lowest BCUT2D eigenvalue weighted by Crippen LogP contribution is -2.17. The Balaban J connectivity index is 2.24. The monoisotopic (exact) mass is 273 g/mol. The van der Waals surface area contributed by atoms with Gasteiger partial charge >= 0.3 is 0 Å². The van der Waals surface area contributed by atoms with Crippen molar-refractivity contribution in [3.05, 3.63) is 34.1 Å². The van der Waals surface area contributed by atoms with E-state index in [9.17, 15) is 4.79 Å². The molecule has 0 radical (unpaired) electrons. The highest BCUT2D eigenvalue weighted by Crippen LogP contribution is 2.33. The number of fused-ring (bicyclic) bond motifs is 2. The van der Waals surface area contributed by atoms with Gasteiger partial charge in [0.15, 0.2) is 16.9 Å². The van der Waals surface area contributed by atoms with Crippen molar-refractivity contribution in [3.63, 3.8) is 0 Å². The van der Waals surface area contributed by atoms with Crippen LogP contribution < -0.4 is 14.9 Å². The van der Waals surface area contributed by atoms with Crippen LogP contribution in [0.15, 0.2) is 23.0 Å². The third kappa shape index (κ3) is 2.26. The van der Waals surface area contributed by atoms with Crippen molar-refractivity contribution < 1.29 is 9.47 Å². The largest absolute Gasteiger partial charge is 0.490 e. The van der Waals surface area contributed by atoms with E-state index in [-0.39, 0.29) is 10.8 Å². The molecule has 0 bridgehead atoms. The number of aromatic amines is 1. The smallest absolute Gasteiger partial charge is 0.189 e. The number of nitrogens with one attached hydrogen (secondary N) is 1. The number of hydrogen-bond donors (Lipinski definition) is 1. The van der Waals surface area contributed by atoms with E-state index < -0.39 is 0 Å². The van der Waals surface area contributed by atoms with Crippen molar-refractivity contribution in [2.24, 2.45) is 0 Å². The van der Waals surface area contributed by atoms with Crippen LogP contribution in [0.5, 0.6) is 11.5 Å². The Hall–Kier alpha value is -1.97. The summed E-state index contributed by atoms with van der Waals surface area (Å²) >= 11 is 0. The molecule has 1 aromatic heterocycles. The van der Waals surface area contributed by atoms with Gasteiger partial charge in [0.05, 0.1) is 18.7 Å². The first kappa shape index (κ1) is 13.0. The van der Waals surface area contributed by atoms with Crippen LogP contribution in [0.1, 0.15) is 32.9 Å². The number of rotatable bonds is 0. The summed E-state index contributed by atoms with van der Waals surface area (Å²) in [5.74, 6) is 1.36. The zero-order chi connectivity index (χ0) is 14.3. The van der Waals surface area contributed by atoms with E-state index in [0.29, 0.717) is 30.1 Å². The summed E-state index contributed by atoms with van der Waals surface area (Å²) in [6.45, 7) is 7.49. The number of H-pyrrole nitrogens is 1. The number of hydrogen-bond acceptors (Lipinski definition) is 3. The van der Waals surface area contributed by atoms with Gasteiger partial charge < -0.3 is 14.5 Å². The van der Waals surface area contributed by atoms with E-state index in [1.54, 1.807) is 12.1 Å². The molecule has 4 heteroatoms. The average Bonchev–Trinajstić information content (AvgIpc) is 2.60. The van der Waals surface area contributed by atoms with Gasteiger partial charge in [-0.3, -0.25) is 4.79 Å². The third-order valence-electron chi connectivity index (χ3n) is 3.51. The van der Waals surface area contributed by atoms with E-state index in [2.05, 4.69) is 25.8 Å². The first-order valence-electron chi connectivity index (χ1n) is 6.92. The Morgan fingerprint density at radius 1 is 1.05 bits per heavy atom. The summed E-state index contributed by atoms with van der Waals surface area (Å²) in [6, 6.07) is 5.32. The molecule has 2 aromatic rings. The Morgan fingerprint density at radius 3 is 2.35 bits per heavy atom. The van der Waals surface area contributed by atoms with E-state index in [0.717, 1.165) is 17.6 Å². The SMILES string of the molecule is CC(C)(C)c1cc(=O)c2cc3c(cc2[nH]1)OCCCO3. The van der Waals surface area contributed by atoms with Crippen molar-refractivity contribution in [3.8, 4) is 11.5 Å². The van der Waals surface area contributed by atoms with Crippen molar-refractivity contribution in [2.45, 2.75) is 32.6 Å². The van der Waals surface area contributed by atoms with Crippen LogP contribution in [0.4, 0.5) is 0 Å². The fourth-order valence-electron chi connectivity index (χ4n) is 2.31. The topological polar surface area (TPSA) is 51.3 Å². The predicted molar refractivity (Wildman–Crippen MR) is 78.9 cm³/mol. The zero-order valence-electron chi connectivity index (χ0n) is 12.1. The minimum absolute atomic E-state index is 0.0133. The van der Waals surface area contributed by atoms with Crippen LogP contribution in [0.2, 0.25) is 0 Å². The number of aromatic nitrogens is 1. The van der Waals surface area contributed by atoms with Gasteiger partial charge in [0.25, 0.3) is 0 Å². The molecule has 0 aliphatic carbocycles. The standard InChI is InChI=1S/C16H19NO3/c1-16(2,3)15-9-12(18)10-7-13-14(8-11(10)17-15)20-6-4-5-19-13/h7-9H,4-6H2,1-3H3,(H,17,18). The molecule has 1 aliphatic rings. The van der Waals surface area contributed by atoms with E-state index >= 15 is 0 Å². The molecule has 0 amide bonds. The van der Waals surface area contributed by atoms with Crippen LogP contribution in [-0.2, 0) is 5.41 Å². The highest BCUT2D eigenvalue weighted by Gasteiger charge is 2.18. The van der Waals surface area contributed by atoms with E-state index in [1.165, 1.54) is 0 Å². The number of pyridine rings is 1. The molecule has 0 saturated heterocycles. The Labute approximate surface area is 117 Å². The van der Waals surface area contributed by atoms with Crippen molar-refractivity contribution in [1.29, 1.82) is 0 Å². The maximum absolute atomic E-state index is 12.3. The fraction of sp³-hybridized carbons (Fsp3) is 0.438. The maximum atomic E-state index is 12.3. The Kier molecular flexibility index (Phi) is 2.96. The van der Waals surface area contributed by atoms with Crippen molar-refractivity contribution >= 4 is 10.9 Å². The number of ether oxygens (including phenoxy) is 2. The molecule has 1 aromatic carbocycles. The van der Waals surface area contributed by atoms with Gasteiger partial charge in [0.1, 0.15) is 0 Å². The van der Waals surface area contributed by atoms with Crippen LogP contribution in [0.3, 0.4) is 0 Å². The van der Waals surface area contributed by atoms with Gasteiger partial charge in [0.2, 0.25) is 0 Å². The molecule has 106 valence electrons. The van der Waals surface area contributed by atoms with Crippen molar-refractivity contribution in [2.75, 3.05) is 13.2 Å². The highest BCUT2D eigenvalue weighted by molar-refractivity contribution is 5.82. The van der Waals surface area contributed by atoms with Crippen molar-refractivity contribution in [1.82, 2.24) is 4.98 Å². The molecule has 4 nitrogen and oxygen atoms in total. The van der Waals surface area contributed by atoms with E-state index in [1.807, 2.05) is 6.07 Å². The first-order valence-corrected chi connectivity index (χ1v) is 6.92. The molecule has 0 unspecified atom stereocenters. The van der Waals surface area contributed by atoms with Gasteiger partial charge in [-0.25, -0.2) is 0 Å². The van der Waals surface area contributed by atoms with Gasteiger partial charge in [-0.1, -0.05) is 20.8 Å². The minimum Gasteiger partial charge on any atom is -0.490 e. The first-order chi connectivity index (χ1) is 9.45. The average molecular weight is 273 g/mol. The summed E-state index contributed by atoms with van der Waals surface area (Å²) in [6.07, 6.45) is 0.853. The maximum Gasteiger partial charge on any atom is 0.189 e. The molecule has 2 heterocycles. The quantitative estimate of drug-likeness (QED) is 0.802. The summed E-state index contributed by atoms with van der Waals surface area (Å²) < 4.78 is 11.3. The minimum atomic E-state index is -0.0997. The second-order valence-corrected chi connectivity index (χ2v) is 6.19. The lowest BCUT2D eigenvalue weighted by molar-refractivity contribution is 0.297. The molecule has 0 atom stereocenters. The summed E-state index contributed by atoms with van der Waals surface area (Å²) in [5.41, 5.74) is 1.63. The van der Waals surface area contributed by atoms with Crippen LogP contribution in [-0.4, -0.2) is 18.2 Å². The van der Waals surface area contributed by atoms with Gasteiger partial charge in [0, 0.05) is 35.0 Å². The molecule has 20 heavy (non-hydrogen) atoms. The molecule has 3 rings (SSSR count). The van der Waals surface area contributed by atoms with Crippen LogP contribution in [0.25, 0.3) is 10.9 Å². The molecular weight excluding hydrogens is 254 g/mol. The summed E-state index contributed by atoms with van der Waals surface area (Å²) in [7, 11) is 0. The fourth-order valence-corrected chi connectivity index (χ4v) is 2.31. The molecule has 0 fully saturated rings. The van der Waals surface area contributed by atoms with Crippen LogP contribution in [0, 0.1) is 0 Å². The molecule has 0 spiro atoms. The highest BCUT2D eigenvalue weighted by atomic mass is 16.5. The lowest BCUT2D eigenvalue weighted by Gasteiger charge is -2.19. The Bertz CT molecular complexity index is 710. The van der Waals surface area contributed by atoms with Gasteiger partial charge in [-0.05, 0) is 6.07 Å². The summed E-state index contributed by atoms with van der Waals surface area (Å²) in [4.78, 5) is 15.6. The number of benzene rings is 1. The van der Waals surface area contributed by atoms with Gasteiger partial charge in [-0.2, -0.15) is 0 Å². The third-order valence-corrected chi connectivity index (χ3v) is 3.51. The normalized spacial score (nSPS) is 15.2.